The van der Waals surface area contributed by atoms with Gasteiger partial charge in [0.25, 0.3) is 5.91 Å². The fourth-order valence-corrected chi connectivity index (χ4v) is 4.37. The molecule has 166 valence electrons. The number of pyridine rings is 1. The number of rotatable bonds is 8. The molecule has 0 bridgehead atoms. The summed E-state index contributed by atoms with van der Waals surface area (Å²) in [4.78, 5) is 19.4. The zero-order valence-electron chi connectivity index (χ0n) is 18.6. The van der Waals surface area contributed by atoms with Crippen molar-refractivity contribution < 1.29 is 14.3 Å². The first-order valence-electron chi connectivity index (χ1n) is 11.4. The van der Waals surface area contributed by atoms with Crippen LogP contribution in [-0.4, -0.2) is 54.7 Å². The molecule has 0 saturated heterocycles. The Kier molecular flexibility index (Phi) is 7.20. The van der Waals surface area contributed by atoms with Crippen LogP contribution in [0.2, 0.25) is 0 Å². The average molecular weight is 424 g/mol. The maximum absolute atomic E-state index is 12.5. The van der Waals surface area contributed by atoms with Crippen LogP contribution in [-0.2, 0) is 24.1 Å². The van der Waals surface area contributed by atoms with Crippen LogP contribution < -0.4 is 10.1 Å². The van der Waals surface area contributed by atoms with E-state index in [4.69, 9.17) is 9.47 Å². The van der Waals surface area contributed by atoms with E-state index in [1.807, 2.05) is 6.92 Å². The fraction of sp³-hybridized carbons (Fsp3) is 0.520. The Bertz CT molecular complexity index is 880. The average Bonchev–Trinajstić information content (AvgIpc) is 2.94. The van der Waals surface area contributed by atoms with E-state index >= 15 is 0 Å². The number of nitrogens with zero attached hydrogens (tertiary/aromatic N) is 2. The molecule has 1 aromatic heterocycles. The second-order valence-corrected chi connectivity index (χ2v) is 8.68. The van der Waals surface area contributed by atoms with Gasteiger partial charge in [-0.25, -0.2) is 4.98 Å². The molecule has 1 saturated carbocycles. The summed E-state index contributed by atoms with van der Waals surface area (Å²) in [6.45, 7) is 5.24. The molecule has 1 aromatic carbocycles. The van der Waals surface area contributed by atoms with E-state index in [0.717, 1.165) is 31.0 Å². The SMILES string of the molecule is COCC(C)Oc1ccc(C(=O)NCc2ccc3c(c2)CCN(C2CCC2)CC3)cn1. The minimum atomic E-state index is -0.130. The van der Waals surface area contributed by atoms with Gasteiger partial charge >= 0.3 is 0 Å². The van der Waals surface area contributed by atoms with Crippen LogP contribution in [0, 0.1) is 0 Å². The first kappa shape index (κ1) is 21.8. The first-order chi connectivity index (χ1) is 15.1. The molecule has 1 fully saturated rings. The molecular formula is C25H33N3O3. The Hall–Kier alpha value is -2.44. The smallest absolute Gasteiger partial charge is 0.253 e. The van der Waals surface area contributed by atoms with Crippen molar-refractivity contribution in [2.24, 2.45) is 0 Å². The van der Waals surface area contributed by atoms with E-state index in [0.29, 0.717) is 24.6 Å². The molecule has 1 unspecified atom stereocenters. The third kappa shape index (κ3) is 5.63. The van der Waals surface area contributed by atoms with Crippen molar-refractivity contribution in [3.8, 4) is 5.88 Å². The molecule has 0 radical (unpaired) electrons. The van der Waals surface area contributed by atoms with Crippen molar-refractivity contribution in [2.75, 3.05) is 26.8 Å². The molecule has 2 heterocycles. The summed E-state index contributed by atoms with van der Waals surface area (Å²) in [5, 5.41) is 3.01. The lowest BCUT2D eigenvalue weighted by Gasteiger charge is -2.36. The van der Waals surface area contributed by atoms with Crippen LogP contribution in [0.15, 0.2) is 36.5 Å². The van der Waals surface area contributed by atoms with Gasteiger partial charge in [-0.2, -0.15) is 0 Å². The van der Waals surface area contributed by atoms with Gasteiger partial charge in [-0.3, -0.25) is 9.69 Å². The number of fused-ring (bicyclic) bond motifs is 1. The van der Waals surface area contributed by atoms with Crippen LogP contribution in [0.5, 0.6) is 5.88 Å². The van der Waals surface area contributed by atoms with Gasteiger partial charge in [0.15, 0.2) is 0 Å². The Morgan fingerprint density at radius 3 is 2.68 bits per heavy atom. The predicted octanol–water partition coefficient (Wildman–Crippen LogP) is 3.38. The number of hydrogen-bond acceptors (Lipinski definition) is 5. The number of methoxy groups -OCH3 is 1. The lowest BCUT2D eigenvalue weighted by molar-refractivity contribution is 0.0888. The van der Waals surface area contributed by atoms with Crippen LogP contribution in [0.4, 0.5) is 0 Å². The van der Waals surface area contributed by atoms with E-state index in [-0.39, 0.29) is 12.0 Å². The zero-order chi connectivity index (χ0) is 21.6. The van der Waals surface area contributed by atoms with Gasteiger partial charge in [-0.1, -0.05) is 24.6 Å². The van der Waals surface area contributed by atoms with Crippen LogP contribution >= 0.6 is 0 Å². The molecule has 2 aromatic rings. The third-order valence-corrected chi connectivity index (χ3v) is 6.37. The number of amides is 1. The first-order valence-corrected chi connectivity index (χ1v) is 11.4. The number of ether oxygens (including phenoxy) is 2. The normalized spacial score (nSPS) is 17.9. The predicted molar refractivity (Wildman–Crippen MR) is 120 cm³/mol. The Morgan fingerprint density at radius 1 is 1.19 bits per heavy atom. The van der Waals surface area contributed by atoms with Gasteiger partial charge in [0, 0.05) is 45.0 Å². The topological polar surface area (TPSA) is 63.7 Å². The summed E-state index contributed by atoms with van der Waals surface area (Å²) >= 11 is 0. The summed E-state index contributed by atoms with van der Waals surface area (Å²) in [5.41, 5.74) is 4.56. The van der Waals surface area contributed by atoms with Crippen molar-refractivity contribution in [1.82, 2.24) is 15.2 Å². The van der Waals surface area contributed by atoms with E-state index in [9.17, 15) is 4.79 Å². The molecule has 4 rings (SSSR count). The summed E-state index contributed by atoms with van der Waals surface area (Å²) in [5.74, 6) is 0.359. The number of carbonyl (C=O) groups excluding carboxylic acids is 1. The summed E-state index contributed by atoms with van der Waals surface area (Å²) < 4.78 is 10.7. The molecule has 1 aliphatic carbocycles. The Balaban J connectivity index is 1.30. The Morgan fingerprint density at radius 2 is 2.00 bits per heavy atom. The lowest BCUT2D eigenvalue weighted by atomic mass is 9.91. The zero-order valence-corrected chi connectivity index (χ0v) is 18.6. The maximum atomic E-state index is 12.5. The Labute approximate surface area is 185 Å². The molecule has 0 spiro atoms. The monoisotopic (exact) mass is 423 g/mol. The third-order valence-electron chi connectivity index (χ3n) is 6.37. The van der Waals surface area contributed by atoms with Crippen molar-refractivity contribution >= 4 is 5.91 Å². The molecule has 1 atom stereocenters. The van der Waals surface area contributed by atoms with Crippen LogP contribution in [0.1, 0.15) is 53.2 Å². The number of benzene rings is 1. The van der Waals surface area contributed by atoms with E-state index in [1.54, 1.807) is 25.4 Å². The number of aromatic nitrogens is 1. The van der Waals surface area contributed by atoms with Crippen molar-refractivity contribution in [2.45, 2.75) is 57.7 Å². The lowest BCUT2D eigenvalue weighted by Crippen LogP contribution is -2.41. The van der Waals surface area contributed by atoms with Crippen LogP contribution in [0.25, 0.3) is 0 Å². The molecule has 1 aliphatic heterocycles. The highest BCUT2D eigenvalue weighted by Gasteiger charge is 2.26. The number of carbonyl (C=O) groups is 1. The van der Waals surface area contributed by atoms with Crippen LogP contribution in [0.3, 0.4) is 0 Å². The van der Waals surface area contributed by atoms with Gasteiger partial charge in [0.05, 0.1) is 12.2 Å². The van der Waals surface area contributed by atoms with Gasteiger partial charge in [-0.15, -0.1) is 0 Å². The fourth-order valence-electron chi connectivity index (χ4n) is 4.37. The van der Waals surface area contributed by atoms with Crippen molar-refractivity contribution in [3.63, 3.8) is 0 Å². The summed E-state index contributed by atoms with van der Waals surface area (Å²) in [6, 6.07) is 10.9. The van der Waals surface area contributed by atoms with Gasteiger partial charge in [-0.05, 0) is 55.4 Å². The molecular weight excluding hydrogens is 390 g/mol. The number of hydrogen-bond donors (Lipinski definition) is 1. The molecule has 6 nitrogen and oxygen atoms in total. The second-order valence-electron chi connectivity index (χ2n) is 8.68. The molecule has 1 N–H and O–H groups in total. The second kappa shape index (κ2) is 10.2. The highest BCUT2D eigenvalue weighted by Crippen LogP contribution is 2.27. The summed E-state index contributed by atoms with van der Waals surface area (Å²) in [6.07, 6.45) is 7.80. The largest absolute Gasteiger partial charge is 0.472 e. The van der Waals surface area contributed by atoms with E-state index in [1.165, 1.54) is 36.9 Å². The molecule has 6 heteroatoms. The van der Waals surface area contributed by atoms with E-state index < -0.39 is 0 Å². The van der Waals surface area contributed by atoms with Gasteiger partial charge in [0.2, 0.25) is 5.88 Å². The summed E-state index contributed by atoms with van der Waals surface area (Å²) in [7, 11) is 1.63. The standard InChI is InChI=1S/C25H33N3O3/c1-18(17-30-2)31-24-9-8-22(16-26-24)25(29)27-15-19-6-7-20-10-12-28(23-4-3-5-23)13-11-21(20)14-19/h6-9,14,16,18,23H,3-5,10-13,15,17H2,1-2H3,(H,27,29). The maximum Gasteiger partial charge on any atom is 0.253 e. The highest BCUT2D eigenvalue weighted by atomic mass is 16.5. The molecule has 2 aliphatic rings. The quantitative estimate of drug-likeness (QED) is 0.705. The highest BCUT2D eigenvalue weighted by molar-refractivity contribution is 5.93. The van der Waals surface area contributed by atoms with E-state index in [2.05, 4.69) is 33.4 Å². The minimum Gasteiger partial charge on any atom is -0.472 e. The van der Waals surface area contributed by atoms with Gasteiger partial charge in [0.1, 0.15) is 6.10 Å². The van der Waals surface area contributed by atoms with Gasteiger partial charge < -0.3 is 14.8 Å². The number of nitrogens with one attached hydrogen (secondary N) is 1. The van der Waals surface area contributed by atoms with Crippen molar-refractivity contribution in [3.05, 3.63) is 58.8 Å². The molecule has 31 heavy (non-hydrogen) atoms. The molecule has 1 amide bonds. The van der Waals surface area contributed by atoms with Crippen molar-refractivity contribution in [1.29, 1.82) is 0 Å². The minimum absolute atomic E-state index is 0.0915.